The van der Waals surface area contributed by atoms with Crippen LogP contribution in [-0.4, -0.2) is 41.7 Å². The third-order valence-electron chi connectivity index (χ3n) is 0.767. The molecule has 0 radical (unpaired) electrons. The SMILES string of the molecule is OC(O)C(=S)n1ncnn1. The van der Waals surface area contributed by atoms with Gasteiger partial charge in [0.1, 0.15) is 0 Å². The molecule has 1 aromatic heterocycles. The molecule has 0 saturated heterocycles. The first-order valence-electron chi connectivity index (χ1n) is 2.35. The van der Waals surface area contributed by atoms with Gasteiger partial charge in [-0.05, 0) is 5.21 Å². The molecule has 1 heterocycles. The smallest absolute Gasteiger partial charge is 0.208 e. The van der Waals surface area contributed by atoms with Crippen LogP contribution in [0.5, 0.6) is 0 Å². The molecule has 1 aromatic rings. The third kappa shape index (κ3) is 1.32. The minimum Gasteiger partial charge on any atom is -0.362 e. The first-order chi connectivity index (χ1) is 4.72. The van der Waals surface area contributed by atoms with Gasteiger partial charge in [0.15, 0.2) is 11.3 Å². The van der Waals surface area contributed by atoms with E-state index in [0.29, 0.717) is 0 Å². The Morgan fingerprint density at radius 1 is 1.60 bits per heavy atom. The number of aromatic nitrogens is 4. The molecule has 0 atom stereocenters. The summed E-state index contributed by atoms with van der Waals surface area (Å²) in [6, 6.07) is 0. The van der Waals surface area contributed by atoms with Crippen molar-refractivity contribution in [2.75, 3.05) is 0 Å². The van der Waals surface area contributed by atoms with E-state index in [2.05, 4.69) is 27.6 Å². The number of aliphatic hydroxyl groups excluding tert-OH is 1. The summed E-state index contributed by atoms with van der Waals surface area (Å²) in [6.07, 6.45) is -0.571. The molecule has 0 aliphatic rings. The lowest BCUT2D eigenvalue weighted by molar-refractivity contribution is 0.0181. The van der Waals surface area contributed by atoms with Crippen molar-refractivity contribution in [3.05, 3.63) is 6.33 Å². The van der Waals surface area contributed by atoms with Crippen molar-refractivity contribution in [1.29, 1.82) is 0 Å². The second-order valence-corrected chi connectivity index (χ2v) is 1.86. The average Bonchev–Trinajstić information content (AvgIpc) is 2.36. The summed E-state index contributed by atoms with van der Waals surface area (Å²) >= 11 is 4.50. The molecule has 0 saturated carbocycles. The lowest BCUT2D eigenvalue weighted by atomic mass is 10.6. The van der Waals surface area contributed by atoms with Gasteiger partial charge in [0.2, 0.25) is 6.29 Å². The summed E-state index contributed by atoms with van der Waals surface area (Å²) in [6.45, 7) is 0. The first-order valence-corrected chi connectivity index (χ1v) is 2.76. The molecular formula is C3H4N4O2S. The van der Waals surface area contributed by atoms with Crippen LogP contribution in [0.1, 0.15) is 0 Å². The minimum absolute atomic E-state index is 0.197. The number of thiocarbonyl (C=S) groups is 1. The number of tetrazole rings is 1. The van der Waals surface area contributed by atoms with E-state index in [1.807, 2.05) is 0 Å². The molecule has 1 rings (SSSR count). The summed E-state index contributed by atoms with van der Waals surface area (Å²) in [5, 5.41) is 27.1. The van der Waals surface area contributed by atoms with Gasteiger partial charge < -0.3 is 10.2 Å². The standard InChI is InChI=1S/C3H4N4O2S/c8-3(9)2(10)7-5-1-4-6-7/h1,3,8-9H. The molecule has 2 N–H and O–H groups in total. The molecule has 0 aliphatic carbocycles. The molecule has 7 heteroatoms. The summed E-state index contributed by atoms with van der Waals surface area (Å²) < 4.78 is 0. The number of hydrogen-bond donors (Lipinski definition) is 2. The topological polar surface area (TPSA) is 84.1 Å². The predicted molar refractivity (Wildman–Crippen MR) is 34.0 cm³/mol. The van der Waals surface area contributed by atoms with Crippen LogP contribution in [0, 0.1) is 0 Å². The van der Waals surface area contributed by atoms with E-state index in [1.54, 1.807) is 0 Å². The lowest BCUT2D eigenvalue weighted by Crippen LogP contribution is -2.26. The number of hydrogen-bond acceptors (Lipinski definition) is 6. The quantitative estimate of drug-likeness (QED) is 0.371. The maximum Gasteiger partial charge on any atom is 0.208 e. The van der Waals surface area contributed by atoms with Crippen molar-refractivity contribution < 1.29 is 10.2 Å². The highest BCUT2D eigenvalue weighted by atomic mass is 32.1. The lowest BCUT2D eigenvalue weighted by Gasteiger charge is -2.00. The first kappa shape index (κ1) is 7.19. The Hall–Kier alpha value is -0.920. The zero-order valence-electron chi connectivity index (χ0n) is 4.75. The fourth-order valence-corrected chi connectivity index (χ4v) is 0.455. The van der Waals surface area contributed by atoms with E-state index < -0.39 is 6.29 Å². The normalized spacial score (nSPS) is 10.3. The summed E-state index contributed by atoms with van der Waals surface area (Å²) in [4.78, 5) is 0.664. The monoisotopic (exact) mass is 160 g/mol. The third-order valence-corrected chi connectivity index (χ3v) is 1.14. The van der Waals surface area contributed by atoms with Gasteiger partial charge in [-0.2, -0.15) is 0 Å². The van der Waals surface area contributed by atoms with Crippen LogP contribution in [0.15, 0.2) is 6.33 Å². The molecule has 6 nitrogen and oxygen atoms in total. The van der Waals surface area contributed by atoms with E-state index in [4.69, 9.17) is 10.2 Å². The van der Waals surface area contributed by atoms with Crippen LogP contribution >= 0.6 is 12.2 Å². The molecular weight excluding hydrogens is 156 g/mol. The average molecular weight is 160 g/mol. The van der Waals surface area contributed by atoms with Crippen LogP contribution in [0.4, 0.5) is 0 Å². The molecule has 10 heavy (non-hydrogen) atoms. The van der Waals surface area contributed by atoms with Crippen molar-refractivity contribution in [2.45, 2.75) is 6.29 Å². The van der Waals surface area contributed by atoms with E-state index >= 15 is 0 Å². The molecule has 0 unspecified atom stereocenters. The summed E-state index contributed by atoms with van der Waals surface area (Å²) in [7, 11) is 0. The van der Waals surface area contributed by atoms with Gasteiger partial charge in [-0.25, -0.2) is 0 Å². The van der Waals surface area contributed by atoms with Gasteiger partial charge in [0, 0.05) is 0 Å². The highest BCUT2D eigenvalue weighted by Gasteiger charge is 2.09. The Morgan fingerprint density at radius 2 is 2.30 bits per heavy atom. The Morgan fingerprint density at radius 3 is 2.70 bits per heavy atom. The highest BCUT2D eigenvalue weighted by Crippen LogP contribution is 1.84. The molecule has 0 bridgehead atoms. The zero-order valence-corrected chi connectivity index (χ0v) is 5.56. The van der Waals surface area contributed by atoms with E-state index in [1.165, 1.54) is 0 Å². The van der Waals surface area contributed by atoms with Gasteiger partial charge >= 0.3 is 0 Å². The Bertz CT molecular complexity index is 220. The minimum atomic E-state index is -1.72. The van der Waals surface area contributed by atoms with E-state index in [0.717, 1.165) is 11.1 Å². The van der Waals surface area contributed by atoms with E-state index in [9.17, 15) is 0 Å². The molecule has 0 fully saturated rings. The van der Waals surface area contributed by atoms with Gasteiger partial charge in [0.05, 0.1) is 0 Å². The largest absolute Gasteiger partial charge is 0.362 e. The molecule has 0 aromatic carbocycles. The zero-order chi connectivity index (χ0) is 7.56. The van der Waals surface area contributed by atoms with E-state index in [-0.39, 0.29) is 4.99 Å². The second-order valence-electron chi connectivity index (χ2n) is 1.44. The molecule has 0 aliphatic heterocycles. The van der Waals surface area contributed by atoms with Gasteiger partial charge in [-0.1, -0.05) is 12.2 Å². The maximum atomic E-state index is 8.48. The van der Waals surface area contributed by atoms with Crippen LogP contribution in [0.2, 0.25) is 0 Å². The van der Waals surface area contributed by atoms with Gasteiger partial charge in [-0.3, -0.25) is 0 Å². The molecule has 0 amide bonds. The maximum absolute atomic E-state index is 8.48. The van der Waals surface area contributed by atoms with Crippen molar-refractivity contribution in [1.82, 2.24) is 20.2 Å². The molecule has 0 spiro atoms. The Balaban J connectivity index is 2.78. The second kappa shape index (κ2) is 2.78. The number of aliphatic hydroxyl groups is 2. The summed E-state index contributed by atoms with van der Waals surface area (Å²) in [5.74, 6) is 0. The van der Waals surface area contributed by atoms with Crippen LogP contribution in [0.25, 0.3) is 0 Å². The van der Waals surface area contributed by atoms with Crippen molar-refractivity contribution >= 4 is 17.2 Å². The number of nitrogens with zero attached hydrogens (tertiary/aromatic N) is 4. The van der Waals surface area contributed by atoms with Gasteiger partial charge in [0.25, 0.3) is 0 Å². The predicted octanol–water partition coefficient (Wildman–Crippen LogP) is -1.84. The number of rotatable bonds is 1. The Kier molecular flexibility index (Phi) is 2.00. The van der Waals surface area contributed by atoms with Crippen molar-refractivity contribution in [3.63, 3.8) is 0 Å². The van der Waals surface area contributed by atoms with Crippen LogP contribution < -0.4 is 0 Å². The van der Waals surface area contributed by atoms with Crippen molar-refractivity contribution in [3.8, 4) is 0 Å². The fraction of sp³-hybridized carbons (Fsp3) is 0.333. The Labute approximate surface area is 61.1 Å². The molecule has 54 valence electrons. The summed E-state index contributed by atoms with van der Waals surface area (Å²) in [5.41, 5.74) is 0. The van der Waals surface area contributed by atoms with Crippen LogP contribution in [0.3, 0.4) is 0 Å². The van der Waals surface area contributed by atoms with Gasteiger partial charge in [-0.15, -0.1) is 15.0 Å². The highest BCUT2D eigenvalue weighted by molar-refractivity contribution is 7.80. The fourth-order valence-electron chi connectivity index (χ4n) is 0.371. The van der Waals surface area contributed by atoms with Crippen molar-refractivity contribution in [2.24, 2.45) is 0 Å². The van der Waals surface area contributed by atoms with Crippen LogP contribution in [-0.2, 0) is 0 Å².